The van der Waals surface area contributed by atoms with E-state index in [1.165, 1.54) is 22.3 Å². The fourth-order valence-corrected chi connectivity index (χ4v) is 2.67. The average Bonchev–Trinajstić information content (AvgIpc) is 2.54. The maximum Gasteiger partial charge on any atom is 0.0994 e. The van der Waals surface area contributed by atoms with Gasteiger partial charge in [-0.3, -0.25) is 0 Å². The average molecular weight is 223 g/mol. The van der Waals surface area contributed by atoms with E-state index in [-0.39, 0.29) is 0 Å². The fourth-order valence-electron chi connectivity index (χ4n) is 2.67. The topological polar surface area (TPSA) is 23.8 Å². The highest BCUT2D eigenvalue weighted by molar-refractivity contribution is 5.56. The molecule has 0 heterocycles. The maximum atomic E-state index is 9.20. The summed E-state index contributed by atoms with van der Waals surface area (Å²) in [5, 5.41) is 9.20. The first-order valence-electron chi connectivity index (χ1n) is 5.92. The van der Waals surface area contributed by atoms with Crippen molar-refractivity contribution in [3.63, 3.8) is 0 Å². The van der Waals surface area contributed by atoms with Gasteiger partial charge in [0.25, 0.3) is 0 Å². The Kier molecular flexibility index (Phi) is 2.90. The third-order valence-corrected chi connectivity index (χ3v) is 4.00. The van der Waals surface area contributed by atoms with Gasteiger partial charge in [-0.05, 0) is 50.5 Å². The van der Waals surface area contributed by atoms with Crippen LogP contribution < -0.4 is 0 Å². The van der Waals surface area contributed by atoms with Crippen LogP contribution in [0.15, 0.2) is 46.6 Å². The van der Waals surface area contributed by atoms with Crippen LogP contribution in [0, 0.1) is 11.3 Å². The Morgan fingerprint density at radius 3 is 2.00 bits per heavy atom. The summed E-state index contributed by atoms with van der Waals surface area (Å²) in [7, 11) is 0. The van der Waals surface area contributed by atoms with Gasteiger partial charge in [0.1, 0.15) is 0 Å². The lowest BCUT2D eigenvalue weighted by molar-refractivity contribution is 0.930. The van der Waals surface area contributed by atoms with Gasteiger partial charge in [0.05, 0.1) is 11.6 Å². The molecule has 1 nitrogen and oxygen atoms in total. The van der Waals surface area contributed by atoms with Crippen molar-refractivity contribution >= 4 is 0 Å². The molecule has 0 aliphatic heterocycles. The molecule has 0 atom stereocenters. The zero-order valence-electron chi connectivity index (χ0n) is 10.8. The van der Waals surface area contributed by atoms with Gasteiger partial charge in [-0.25, -0.2) is 0 Å². The number of benzene rings is 1. The van der Waals surface area contributed by atoms with E-state index >= 15 is 0 Å². The minimum absolute atomic E-state index is 0.297. The van der Waals surface area contributed by atoms with Gasteiger partial charge in [0, 0.05) is 5.92 Å². The highest BCUT2D eigenvalue weighted by Gasteiger charge is 2.27. The zero-order valence-corrected chi connectivity index (χ0v) is 10.8. The van der Waals surface area contributed by atoms with Crippen molar-refractivity contribution in [3.05, 3.63) is 57.7 Å². The smallest absolute Gasteiger partial charge is 0.0994 e. The second kappa shape index (κ2) is 4.22. The SMILES string of the molecule is CC1=C(C)C(c2ccccc2C#N)C(C)=C1C. The molecule has 0 N–H and O–H groups in total. The van der Waals surface area contributed by atoms with Crippen LogP contribution in [0.4, 0.5) is 0 Å². The zero-order chi connectivity index (χ0) is 12.6. The van der Waals surface area contributed by atoms with Crippen molar-refractivity contribution in [1.29, 1.82) is 5.26 Å². The first-order chi connectivity index (χ1) is 8.07. The Morgan fingerprint density at radius 2 is 1.47 bits per heavy atom. The number of allylic oxidation sites excluding steroid dienone is 4. The Hall–Kier alpha value is -1.81. The molecule has 2 rings (SSSR count). The molecular weight excluding hydrogens is 206 g/mol. The van der Waals surface area contributed by atoms with Gasteiger partial charge in [0.2, 0.25) is 0 Å². The molecule has 0 spiro atoms. The van der Waals surface area contributed by atoms with Crippen LogP contribution in [0.25, 0.3) is 0 Å². The van der Waals surface area contributed by atoms with Crippen molar-refractivity contribution < 1.29 is 0 Å². The van der Waals surface area contributed by atoms with E-state index in [4.69, 9.17) is 0 Å². The van der Waals surface area contributed by atoms with Crippen LogP contribution in [-0.4, -0.2) is 0 Å². The maximum absolute atomic E-state index is 9.20. The molecule has 1 aliphatic carbocycles. The number of nitriles is 1. The predicted octanol–water partition coefficient (Wildman–Crippen LogP) is 4.33. The van der Waals surface area contributed by atoms with Crippen molar-refractivity contribution in [2.24, 2.45) is 0 Å². The molecule has 1 aromatic rings. The number of hydrogen-bond donors (Lipinski definition) is 0. The third kappa shape index (κ3) is 1.70. The molecule has 1 aliphatic rings. The molecule has 0 amide bonds. The molecule has 0 bridgehead atoms. The summed E-state index contributed by atoms with van der Waals surface area (Å²) in [5.41, 5.74) is 7.44. The van der Waals surface area contributed by atoms with Gasteiger partial charge in [-0.15, -0.1) is 0 Å². The Labute approximate surface area is 103 Å². The van der Waals surface area contributed by atoms with Crippen LogP contribution in [0.1, 0.15) is 44.7 Å². The highest BCUT2D eigenvalue weighted by Crippen LogP contribution is 2.43. The summed E-state index contributed by atoms with van der Waals surface area (Å²) in [6, 6.07) is 10.2. The fraction of sp³-hybridized carbons (Fsp3) is 0.312. The molecule has 0 unspecified atom stereocenters. The van der Waals surface area contributed by atoms with Crippen LogP contribution in [0.3, 0.4) is 0 Å². The van der Waals surface area contributed by atoms with Crippen LogP contribution in [0.5, 0.6) is 0 Å². The standard InChI is InChI=1S/C16H17N/c1-10-11(2)13(4)16(12(10)3)15-8-6-5-7-14(15)9-17/h5-8,16H,1-4H3. The largest absolute Gasteiger partial charge is 0.192 e. The van der Waals surface area contributed by atoms with E-state index in [0.717, 1.165) is 11.1 Å². The first kappa shape index (κ1) is 11.7. The highest BCUT2D eigenvalue weighted by atomic mass is 14.3. The van der Waals surface area contributed by atoms with E-state index < -0.39 is 0 Å². The molecule has 1 heteroatoms. The van der Waals surface area contributed by atoms with E-state index in [1.54, 1.807) is 0 Å². The Bertz CT molecular complexity index is 543. The van der Waals surface area contributed by atoms with Crippen molar-refractivity contribution in [1.82, 2.24) is 0 Å². The molecule has 0 radical (unpaired) electrons. The Balaban J connectivity index is 2.61. The lowest BCUT2D eigenvalue weighted by Gasteiger charge is -2.16. The second-order valence-electron chi connectivity index (χ2n) is 4.75. The van der Waals surface area contributed by atoms with Crippen molar-refractivity contribution in [2.45, 2.75) is 33.6 Å². The van der Waals surface area contributed by atoms with Crippen molar-refractivity contribution in [2.75, 3.05) is 0 Å². The molecule has 0 saturated carbocycles. The van der Waals surface area contributed by atoms with E-state index in [0.29, 0.717) is 5.92 Å². The van der Waals surface area contributed by atoms with Gasteiger partial charge >= 0.3 is 0 Å². The molecule has 0 aromatic heterocycles. The molecule has 0 saturated heterocycles. The van der Waals surface area contributed by atoms with Gasteiger partial charge in [0.15, 0.2) is 0 Å². The number of nitrogens with zero attached hydrogens (tertiary/aromatic N) is 1. The lowest BCUT2D eigenvalue weighted by Crippen LogP contribution is -2.02. The normalized spacial score (nSPS) is 16.6. The molecule has 86 valence electrons. The summed E-state index contributed by atoms with van der Waals surface area (Å²) >= 11 is 0. The molecule has 0 fully saturated rings. The molecular formula is C16H17N. The third-order valence-electron chi connectivity index (χ3n) is 4.00. The van der Waals surface area contributed by atoms with Gasteiger partial charge in [-0.1, -0.05) is 29.3 Å². The summed E-state index contributed by atoms with van der Waals surface area (Å²) in [6.45, 7) is 8.69. The minimum Gasteiger partial charge on any atom is -0.192 e. The molecule has 1 aromatic carbocycles. The Morgan fingerprint density at radius 1 is 0.941 bits per heavy atom. The van der Waals surface area contributed by atoms with Gasteiger partial charge in [-0.2, -0.15) is 5.26 Å². The summed E-state index contributed by atoms with van der Waals surface area (Å²) in [5.74, 6) is 0.297. The minimum atomic E-state index is 0.297. The summed E-state index contributed by atoms with van der Waals surface area (Å²) in [6.07, 6.45) is 0. The first-order valence-corrected chi connectivity index (χ1v) is 5.92. The lowest BCUT2D eigenvalue weighted by atomic mass is 9.86. The second-order valence-corrected chi connectivity index (χ2v) is 4.75. The van der Waals surface area contributed by atoms with Gasteiger partial charge < -0.3 is 0 Å². The monoisotopic (exact) mass is 223 g/mol. The molecule has 17 heavy (non-hydrogen) atoms. The van der Waals surface area contributed by atoms with Crippen molar-refractivity contribution in [3.8, 4) is 6.07 Å². The predicted molar refractivity (Wildman–Crippen MR) is 70.6 cm³/mol. The van der Waals surface area contributed by atoms with E-state index in [1.807, 2.05) is 18.2 Å². The van der Waals surface area contributed by atoms with Crippen LogP contribution in [-0.2, 0) is 0 Å². The van der Waals surface area contributed by atoms with E-state index in [2.05, 4.69) is 39.8 Å². The van der Waals surface area contributed by atoms with Crippen LogP contribution >= 0.6 is 0 Å². The van der Waals surface area contributed by atoms with Crippen LogP contribution in [0.2, 0.25) is 0 Å². The van der Waals surface area contributed by atoms with E-state index in [9.17, 15) is 5.26 Å². The summed E-state index contributed by atoms with van der Waals surface area (Å²) < 4.78 is 0. The number of rotatable bonds is 1. The summed E-state index contributed by atoms with van der Waals surface area (Å²) in [4.78, 5) is 0. The number of hydrogen-bond acceptors (Lipinski definition) is 1. The quantitative estimate of drug-likeness (QED) is 0.695.